The molecule has 0 fully saturated rings. The number of allylic oxidation sites excluding steroid dienone is 2. The number of nitrogens with zero attached hydrogens (tertiary/aromatic N) is 2. The standard InChI is InChI=1S/C16H26.C10H13F.C7H10N2/c1-5-8-9-15-10-11-16(13(4)6-2)12-14(15)7-3;1-8-4-6-9(7-5-8)10(2,3)11;1-4-6(2)9-7(3)5-8/h10-13H,5-9H2,1-4H3;4-7H,1-3H3;4H,1-3H3/b;;6-4-,9-7?. The molecule has 0 saturated heterocycles. The highest BCUT2D eigenvalue weighted by molar-refractivity contribution is 5.96. The van der Waals surface area contributed by atoms with Crippen molar-refractivity contribution in [3.05, 3.63) is 82.1 Å². The molecule has 2 aromatic carbocycles. The number of hydrogen-bond donors (Lipinski definition) is 0. The molecule has 0 aliphatic carbocycles. The first kappa shape index (κ1) is 33.3. The van der Waals surface area contributed by atoms with Crippen molar-refractivity contribution >= 4 is 5.71 Å². The van der Waals surface area contributed by atoms with Gasteiger partial charge in [0.2, 0.25) is 0 Å². The molecule has 0 spiro atoms. The Morgan fingerprint density at radius 3 is 2.11 bits per heavy atom. The van der Waals surface area contributed by atoms with Crippen LogP contribution in [0.3, 0.4) is 0 Å². The number of aliphatic imine (C=N–C) groups is 1. The quantitative estimate of drug-likeness (QED) is 0.338. The van der Waals surface area contributed by atoms with Crippen LogP contribution in [0.4, 0.5) is 4.39 Å². The van der Waals surface area contributed by atoms with Gasteiger partial charge in [-0.3, -0.25) is 0 Å². The molecule has 0 amide bonds. The SMILES string of the molecule is C/C=C(/C)N=C(C)C#N.CCCCc1ccc(C(C)CC)cc1CC.Cc1ccc(C(C)(C)F)cc1. The van der Waals surface area contributed by atoms with Crippen LogP contribution in [0.25, 0.3) is 0 Å². The zero-order chi connectivity index (χ0) is 27.7. The topological polar surface area (TPSA) is 36.1 Å². The number of benzene rings is 2. The summed E-state index contributed by atoms with van der Waals surface area (Å²) in [5.41, 5.74) is 6.72. The summed E-state index contributed by atoms with van der Waals surface area (Å²) in [7, 11) is 0. The number of unbranched alkanes of at least 4 members (excludes halogenated alkanes) is 1. The van der Waals surface area contributed by atoms with E-state index in [1.807, 2.05) is 57.2 Å². The lowest BCUT2D eigenvalue weighted by atomic mass is 9.92. The van der Waals surface area contributed by atoms with Crippen LogP contribution in [0, 0.1) is 18.3 Å². The fourth-order valence-corrected chi connectivity index (χ4v) is 3.43. The fraction of sp³-hybridized carbons (Fsp3) is 0.515. The average Bonchev–Trinajstić information content (AvgIpc) is 2.87. The first-order valence-corrected chi connectivity index (χ1v) is 13.4. The zero-order valence-electron chi connectivity index (χ0n) is 24.5. The molecule has 0 heterocycles. The van der Waals surface area contributed by atoms with E-state index in [1.165, 1.54) is 37.7 Å². The van der Waals surface area contributed by atoms with Gasteiger partial charge in [0.05, 0.1) is 0 Å². The molecule has 0 aliphatic rings. The molecule has 36 heavy (non-hydrogen) atoms. The van der Waals surface area contributed by atoms with Crippen LogP contribution in [0.5, 0.6) is 0 Å². The Bertz CT molecular complexity index is 986. The minimum absolute atomic E-state index is 0.505. The van der Waals surface area contributed by atoms with Gasteiger partial charge in [0.15, 0.2) is 0 Å². The lowest BCUT2D eigenvalue weighted by molar-refractivity contribution is 0.221. The molecule has 0 saturated carbocycles. The van der Waals surface area contributed by atoms with Crippen LogP contribution in [0.2, 0.25) is 0 Å². The van der Waals surface area contributed by atoms with Gasteiger partial charge in [-0.05, 0) is 95.4 Å². The molecule has 1 unspecified atom stereocenters. The molecule has 3 heteroatoms. The van der Waals surface area contributed by atoms with Crippen molar-refractivity contribution in [2.75, 3.05) is 0 Å². The van der Waals surface area contributed by atoms with Crippen molar-refractivity contribution in [2.24, 2.45) is 4.99 Å². The van der Waals surface area contributed by atoms with E-state index < -0.39 is 5.67 Å². The van der Waals surface area contributed by atoms with Gasteiger partial charge in [0, 0.05) is 5.70 Å². The smallest absolute Gasteiger partial charge is 0.130 e. The summed E-state index contributed by atoms with van der Waals surface area (Å²) in [6, 6.07) is 16.6. The van der Waals surface area contributed by atoms with Gasteiger partial charge in [-0.2, -0.15) is 5.26 Å². The van der Waals surface area contributed by atoms with E-state index in [-0.39, 0.29) is 0 Å². The number of nitriles is 1. The highest BCUT2D eigenvalue weighted by atomic mass is 19.1. The van der Waals surface area contributed by atoms with Crippen LogP contribution in [0.1, 0.15) is 115 Å². The number of rotatable bonds is 8. The van der Waals surface area contributed by atoms with E-state index in [0.717, 1.165) is 16.8 Å². The predicted octanol–water partition coefficient (Wildman–Crippen LogP) is 10.2. The van der Waals surface area contributed by atoms with Crippen molar-refractivity contribution in [2.45, 2.75) is 113 Å². The molecule has 2 rings (SSSR count). The molecule has 0 aliphatic heterocycles. The van der Waals surface area contributed by atoms with Gasteiger partial charge in [-0.1, -0.05) is 88.2 Å². The first-order valence-electron chi connectivity index (χ1n) is 13.4. The van der Waals surface area contributed by atoms with Crippen LogP contribution in [-0.2, 0) is 18.5 Å². The van der Waals surface area contributed by atoms with Gasteiger partial charge in [-0.25, -0.2) is 9.38 Å². The number of aryl methyl sites for hydroxylation is 3. The maximum Gasteiger partial charge on any atom is 0.130 e. The molecule has 2 nitrogen and oxygen atoms in total. The Kier molecular flexibility index (Phi) is 16.3. The van der Waals surface area contributed by atoms with E-state index in [0.29, 0.717) is 11.6 Å². The van der Waals surface area contributed by atoms with Gasteiger partial charge in [-0.15, -0.1) is 0 Å². The Morgan fingerprint density at radius 2 is 1.67 bits per heavy atom. The molecule has 1 atom stereocenters. The summed E-state index contributed by atoms with van der Waals surface area (Å²) in [5, 5.41) is 8.27. The number of hydrogen-bond acceptors (Lipinski definition) is 2. The lowest BCUT2D eigenvalue weighted by Crippen LogP contribution is -2.08. The molecular weight excluding hydrogens is 443 g/mol. The second-order valence-corrected chi connectivity index (χ2v) is 9.87. The van der Waals surface area contributed by atoms with Crippen molar-refractivity contribution in [1.29, 1.82) is 5.26 Å². The van der Waals surface area contributed by atoms with Crippen LogP contribution >= 0.6 is 0 Å². The van der Waals surface area contributed by atoms with Crippen molar-refractivity contribution < 1.29 is 4.39 Å². The normalized spacial score (nSPS) is 12.5. The van der Waals surface area contributed by atoms with Gasteiger partial charge < -0.3 is 0 Å². The summed E-state index contributed by atoms with van der Waals surface area (Å²) in [4.78, 5) is 3.93. The predicted molar refractivity (Wildman–Crippen MR) is 157 cm³/mol. The fourth-order valence-electron chi connectivity index (χ4n) is 3.43. The Labute approximate surface area is 221 Å². The molecule has 0 aromatic heterocycles. The second kappa shape index (κ2) is 17.7. The van der Waals surface area contributed by atoms with Crippen molar-refractivity contribution in [3.63, 3.8) is 0 Å². The maximum atomic E-state index is 13.3. The second-order valence-electron chi connectivity index (χ2n) is 9.87. The van der Waals surface area contributed by atoms with E-state index >= 15 is 0 Å². The third kappa shape index (κ3) is 13.4. The van der Waals surface area contributed by atoms with Gasteiger partial charge in [0.25, 0.3) is 0 Å². The largest absolute Gasteiger partial charge is 0.248 e. The average molecular weight is 493 g/mol. The highest BCUT2D eigenvalue weighted by Gasteiger charge is 2.17. The summed E-state index contributed by atoms with van der Waals surface area (Å²) < 4.78 is 13.3. The lowest BCUT2D eigenvalue weighted by Gasteiger charge is -2.14. The minimum Gasteiger partial charge on any atom is -0.248 e. The third-order valence-corrected chi connectivity index (χ3v) is 6.25. The first-order chi connectivity index (χ1) is 16.9. The molecule has 0 radical (unpaired) electrons. The molecular formula is C33H49FN2. The number of alkyl halides is 1. The van der Waals surface area contributed by atoms with Gasteiger partial charge >= 0.3 is 0 Å². The number of halogens is 1. The summed E-state index contributed by atoms with van der Waals surface area (Å²) in [5.74, 6) is 0.700. The monoisotopic (exact) mass is 492 g/mol. The van der Waals surface area contributed by atoms with Crippen LogP contribution < -0.4 is 0 Å². The van der Waals surface area contributed by atoms with Crippen molar-refractivity contribution in [3.8, 4) is 6.07 Å². The molecule has 0 N–H and O–H groups in total. The molecule has 2 aromatic rings. The molecule has 0 bridgehead atoms. The summed E-state index contributed by atoms with van der Waals surface area (Å²) in [6.07, 6.45) is 8.12. The van der Waals surface area contributed by atoms with E-state index in [9.17, 15) is 4.39 Å². The van der Waals surface area contributed by atoms with E-state index in [1.54, 1.807) is 31.9 Å². The van der Waals surface area contributed by atoms with E-state index in [4.69, 9.17) is 5.26 Å². The molecule has 198 valence electrons. The maximum absolute atomic E-state index is 13.3. The van der Waals surface area contributed by atoms with Crippen molar-refractivity contribution in [1.82, 2.24) is 0 Å². The summed E-state index contributed by atoms with van der Waals surface area (Å²) >= 11 is 0. The highest BCUT2D eigenvalue weighted by Crippen LogP contribution is 2.24. The zero-order valence-corrected chi connectivity index (χ0v) is 24.5. The Morgan fingerprint density at radius 1 is 1.06 bits per heavy atom. The van der Waals surface area contributed by atoms with E-state index in [2.05, 4.69) is 50.9 Å². The summed E-state index contributed by atoms with van der Waals surface area (Å²) in [6.45, 7) is 19.7. The Balaban J connectivity index is 0.000000538. The van der Waals surface area contributed by atoms with Gasteiger partial charge in [0.1, 0.15) is 17.4 Å². The van der Waals surface area contributed by atoms with Crippen LogP contribution in [-0.4, -0.2) is 5.71 Å². The minimum atomic E-state index is -1.21. The van der Waals surface area contributed by atoms with Crippen LogP contribution in [0.15, 0.2) is 59.2 Å². The Hall–Kier alpha value is -2.73. The third-order valence-electron chi connectivity index (χ3n) is 6.25.